The normalized spacial score (nSPS) is 21.4. The Kier molecular flexibility index (Phi) is 3.48. The summed E-state index contributed by atoms with van der Waals surface area (Å²) in [6, 6.07) is 5.40. The molecule has 1 aliphatic carbocycles. The second-order valence-corrected chi connectivity index (χ2v) is 6.47. The molecule has 2 N–H and O–H groups in total. The van der Waals surface area contributed by atoms with E-state index < -0.39 is 5.60 Å². The summed E-state index contributed by atoms with van der Waals surface area (Å²) in [6.07, 6.45) is 2.25. The fraction of sp³-hybridized carbons (Fsp3) is 0.533. The number of hydrogen-bond donors (Lipinski definition) is 2. The van der Waals surface area contributed by atoms with Crippen molar-refractivity contribution in [1.29, 1.82) is 0 Å². The Morgan fingerprint density at radius 3 is 2.80 bits per heavy atom. The molecule has 20 heavy (non-hydrogen) atoms. The molecule has 5 heteroatoms. The van der Waals surface area contributed by atoms with Crippen molar-refractivity contribution in [1.82, 2.24) is 4.90 Å². The number of carbonyl (C=O) groups is 1. The molecule has 4 nitrogen and oxygen atoms in total. The third-order valence-corrected chi connectivity index (χ3v) is 4.40. The molecule has 1 heterocycles. The molecule has 1 saturated carbocycles. The van der Waals surface area contributed by atoms with Crippen molar-refractivity contribution in [3.05, 3.63) is 28.8 Å². The van der Waals surface area contributed by atoms with Crippen LogP contribution in [0.1, 0.15) is 18.4 Å². The minimum Gasteiger partial charge on any atom is -0.387 e. The van der Waals surface area contributed by atoms with Crippen LogP contribution < -0.4 is 5.32 Å². The van der Waals surface area contributed by atoms with Gasteiger partial charge in [0, 0.05) is 23.8 Å². The molecule has 3 rings (SSSR count). The predicted octanol–water partition coefficient (Wildman–Crippen LogP) is 2.04. The first kappa shape index (κ1) is 13.9. The van der Waals surface area contributed by atoms with E-state index in [2.05, 4.69) is 5.32 Å². The third-order valence-electron chi connectivity index (χ3n) is 4.16. The molecule has 1 aromatic rings. The predicted molar refractivity (Wildman–Crippen MR) is 78.9 cm³/mol. The SMILES string of the molecule is Cc1cc(Cl)ccc1NC(=O)CN1CC(O)(C2CC2)C1. The summed E-state index contributed by atoms with van der Waals surface area (Å²) in [5.41, 5.74) is 1.21. The number of carbonyl (C=O) groups excluding carboxylic acids is 1. The quantitative estimate of drug-likeness (QED) is 0.893. The van der Waals surface area contributed by atoms with Crippen molar-refractivity contribution in [2.75, 3.05) is 25.0 Å². The Balaban J connectivity index is 1.50. The van der Waals surface area contributed by atoms with Crippen molar-refractivity contribution < 1.29 is 9.90 Å². The molecule has 0 bridgehead atoms. The van der Waals surface area contributed by atoms with Gasteiger partial charge in [-0.25, -0.2) is 0 Å². The zero-order valence-corrected chi connectivity index (χ0v) is 12.3. The molecule has 1 saturated heterocycles. The minimum absolute atomic E-state index is 0.0479. The molecule has 2 fully saturated rings. The van der Waals surface area contributed by atoms with Crippen LogP contribution >= 0.6 is 11.6 Å². The van der Waals surface area contributed by atoms with E-state index in [0.717, 1.165) is 24.1 Å². The summed E-state index contributed by atoms with van der Waals surface area (Å²) in [4.78, 5) is 14.0. The van der Waals surface area contributed by atoms with Gasteiger partial charge >= 0.3 is 0 Å². The van der Waals surface area contributed by atoms with Gasteiger partial charge in [-0.3, -0.25) is 9.69 Å². The topological polar surface area (TPSA) is 52.6 Å². The van der Waals surface area contributed by atoms with Gasteiger partial charge in [-0.05, 0) is 49.4 Å². The van der Waals surface area contributed by atoms with E-state index in [0.29, 0.717) is 30.6 Å². The Morgan fingerprint density at radius 1 is 1.50 bits per heavy atom. The van der Waals surface area contributed by atoms with Gasteiger partial charge in [-0.2, -0.15) is 0 Å². The smallest absolute Gasteiger partial charge is 0.238 e. The van der Waals surface area contributed by atoms with Gasteiger partial charge in [0.2, 0.25) is 5.91 Å². The van der Waals surface area contributed by atoms with Crippen LogP contribution in [-0.4, -0.2) is 41.1 Å². The molecule has 0 atom stereocenters. The molecular weight excluding hydrogens is 276 g/mol. The largest absolute Gasteiger partial charge is 0.387 e. The molecule has 1 aromatic carbocycles. The highest BCUT2D eigenvalue weighted by molar-refractivity contribution is 6.30. The summed E-state index contributed by atoms with van der Waals surface area (Å²) in [7, 11) is 0. The lowest BCUT2D eigenvalue weighted by atomic mass is 9.89. The van der Waals surface area contributed by atoms with E-state index in [1.807, 2.05) is 24.0 Å². The number of nitrogens with one attached hydrogen (secondary N) is 1. The minimum atomic E-state index is -0.531. The second kappa shape index (κ2) is 5.02. The molecule has 0 spiro atoms. The van der Waals surface area contributed by atoms with Gasteiger partial charge in [0.15, 0.2) is 0 Å². The lowest BCUT2D eigenvalue weighted by Crippen LogP contribution is -2.64. The Morgan fingerprint density at radius 2 is 2.20 bits per heavy atom. The molecule has 0 radical (unpaired) electrons. The summed E-state index contributed by atoms with van der Waals surface area (Å²) >= 11 is 5.89. The molecule has 0 unspecified atom stereocenters. The number of aliphatic hydroxyl groups is 1. The van der Waals surface area contributed by atoms with Crippen LogP contribution in [0.5, 0.6) is 0 Å². The average Bonchev–Trinajstić information content (AvgIpc) is 3.15. The summed E-state index contributed by atoms with van der Waals surface area (Å²) in [6.45, 7) is 3.48. The Hall–Kier alpha value is -1.10. The molecule has 0 aromatic heterocycles. The fourth-order valence-corrected chi connectivity index (χ4v) is 3.11. The van der Waals surface area contributed by atoms with Crippen molar-refractivity contribution >= 4 is 23.2 Å². The second-order valence-electron chi connectivity index (χ2n) is 6.03. The highest BCUT2D eigenvalue weighted by Gasteiger charge is 2.51. The first-order valence-electron chi connectivity index (χ1n) is 6.97. The first-order chi connectivity index (χ1) is 9.46. The van der Waals surface area contributed by atoms with Crippen LogP contribution in [0.15, 0.2) is 18.2 Å². The number of halogens is 1. The first-order valence-corrected chi connectivity index (χ1v) is 7.35. The number of benzene rings is 1. The van der Waals surface area contributed by atoms with Crippen LogP contribution in [0.3, 0.4) is 0 Å². The average molecular weight is 295 g/mol. The third kappa shape index (κ3) is 2.82. The van der Waals surface area contributed by atoms with E-state index in [1.165, 1.54) is 0 Å². The fourth-order valence-electron chi connectivity index (χ4n) is 2.88. The highest BCUT2D eigenvalue weighted by Crippen LogP contribution is 2.44. The molecule has 1 amide bonds. The van der Waals surface area contributed by atoms with Gasteiger partial charge < -0.3 is 10.4 Å². The van der Waals surface area contributed by atoms with Crippen molar-refractivity contribution in [2.24, 2.45) is 5.92 Å². The van der Waals surface area contributed by atoms with Gasteiger partial charge in [-0.15, -0.1) is 0 Å². The van der Waals surface area contributed by atoms with Gasteiger partial charge in [-0.1, -0.05) is 11.6 Å². The van der Waals surface area contributed by atoms with E-state index in [1.54, 1.807) is 6.07 Å². The van der Waals surface area contributed by atoms with Crippen molar-refractivity contribution in [3.63, 3.8) is 0 Å². The van der Waals surface area contributed by atoms with Gasteiger partial charge in [0.25, 0.3) is 0 Å². The summed E-state index contributed by atoms with van der Waals surface area (Å²) in [5.74, 6) is 0.411. The standard InChI is InChI=1S/C15H19ClN2O2/c1-10-6-12(16)4-5-13(10)17-14(19)7-18-8-15(20,9-18)11-2-3-11/h4-6,11,20H,2-3,7-9H2,1H3,(H,17,19). The van der Waals surface area contributed by atoms with E-state index in [4.69, 9.17) is 11.6 Å². The summed E-state index contributed by atoms with van der Waals surface area (Å²) in [5, 5.41) is 13.8. The number of anilines is 1. The van der Waals surface area contributed by atoms with E-state index in [-0.39, 0.29) is 5.91 Å². The van der Waals surface area contributed by atoms with E-state index in [9.17, 15) is 9.90 Å². The maximum absolute atomic E-state index is 12.0. The van der Waals surface area contributed by atoms with Crippen LogP contribution in [0.2, 0.25) is 5.02 Å². The lowest BCUT2D eigenvalue weighted by molar-refractivity contribution is -0.132. The molecule has 1 aliphatic heterocycles. The van der Waals surface area contributed by atoms with Gasteiger partial charge in [0.05, 0.1) is 12.1 Å². The molecule has 2 aliphatic rings. The van der Waals surface area contributed by atoms with Crippen molar-refractivity contribution in [2.45, 2.75) is 25.4 Å². The Labute approximate surface area is 123 Å². The number of hydrogen-bond acceptors (Lipinski definition) is 3. The Bertz CT molecular complexity index is 537. The van der Waals surface area contributed by atoms with Crippen LogP contribution in [0, 0.1) is 12.8 Å². The van der Waals surface area contributed by atoms with Crippen LogP contribution in [0.4, 0.5) is 5.69 Å². The maximum atomic E-state index is 12.0. The molecular formula is C15H19ClN2O2. The number of amides is 1. The van der Waals surface area contributed by atoms with Gasteiger partial charge in [0.1, 0.15) is 0 Å². The van der Waals surface area contributed by atoms with E-state index >= 15 is 0 Å². The number of aryl methyl sites for hydroxylation is 1. The number of nitrogens with zero attached hydrogens (tertiary/aromatic N) is 1. The lowest BCUT2D eigenvalue weighted by Gasteiger charge is -2.46. The highest BCUT2D eigenvalue weighted by atomic mass is 35.5. The van der Waals surface area contributed by atoms with Crippen LogP contribution in [-0.2, 0) is 4.79 Å². The van der Waals surface area contributed by atoms with Crippen molar-refractivity contribution in [3.8, 4) is 0 Å². The number of likely N-dealkylation sites (tertiary alicyclic amines) is 1. The number of rotatable bonds is 4. The number of β-amino-alcohol motifs (C(OH)–C–C–N with tert-alkyl or cyclic N) is 1. The summed E-state index contributed by atoms with van der Waals surface area (Å²) < 4.78 is 0. The monoisotopic (exact) mass is 294 g/mol. The van der Waals surface area contributed by atoms with Crippen LogP contribution in [0.25, 0.3) is 0 Å². The maximum Gasteiger partial charge on any atom is 0.238 e. The zero-order chi connectivity index (χ0) is 14.3. The molecule has 108 valence electrons. The zero-order valence-electron chi connectivity index (χ0n) is 11.5.